The Hall–Kier alpha value is -0.630. The van der Waals surface area contributed by atoms with Crippen LogP contribution in [-0.4, -0.2) is 11.8 Å². The molecule has 0 spiro atoms. The van der Waals surface area contributed by atoms with E-state index in [0.717, 1.165) is 19.3 Å². The van der Waals surface area contributed by atoms with Crippen LogP contribution in [0.1, 0.15) is 39.0 Å². The second-order valence-electron chi connectivity index (χ2n) is 3.09. The van der Waals surface area contributed by atoms with E-state index in [1.807, 2.05) is 13.0 Å². The average Bonchev–Trinajstić information content (AvgIpc) is 2.05. The second-order valence-corrected chi connectivity index (χ2v) is 3.09. The SMILES string of the molecule is C=CCCCC(=O)CC(N)CC. The molecule has 0 aliphatic heterocycles. The molecule has 1 atom stereocenters. The van der Waals surface area contributed by atoms with Gasteiger partial charge in [-0.2, -0.15) is 0 Å². The van der Waals surface area contributed by atoms with Crippen molar-refractivity contribution in [3.63, 3.8) is 0 Å². The molecule has 0 bridgehead atoms. The highest BCUT2D eigenvalue weighted by Crippen LogP contribution is 2.02. The lowest BCUT2D eigenvalue weighted by molar-refractivity contribution is -0.119. The summed E-state index contributed by atoms with van der Waals surface area (Å²) in [5.41, 5.74) is 5.64. The lowest BCUT2D eigenvalue weighted by Crippen LogP contribution is -2.22. The highest BCUT2D eigenvalue weighted by Gasteiger charge is 2.06. The van der Waals surface area contributed by atoms with Gasteiger partial charge in [0.15, 0.2) is 0 Å². The van der Waals surface area contributed by atoms with Crippen LogP contribution in [0.25, 0.3) is 0 Å². The molecule has 70 valence electrons. The van der Waals surface area contributed by atoms with E-state index in [4.69, 9.17) is 5.73 Å². The summed E-state index contributed by atoms with van der Waals surface area (Å²) in [6.07, 6.45) is 5.75. The van der Waals surface area contributed by atoms with Gasteiger partial charge in [0.25, 0.3) is 0 Å². The summed E-state index contributed by atoms with van der Waals surface area (Å²) in [5, 5.41) is 0. The minimum Gasteiger partial charge on any atom is -0.327 e. The molecule has 0 amide bonds. The Labute approximate surface area is 74.8 Å². The summed E-state index contributed by atoms with van der Waals surface area (Å²) in [7, 11) is 0. The summed E-state index contributed by atoms with van der Waals surface area (Å²) in [6.45, 7) is 5.60. The minimum atomic E-state index is 0.0567. The van der Waals surface area contributed by atoms with Crippen LogP contribution < -0.4 is 5.73 Å². The maximum atomic E-state index is 11.2. The van der Waals surface area contributed by atoms with Crippen molar-refractivity contribution in [1.82, 2.24) is 0 Å². The normalized spacial score (nSPS) is 12.5. The Bertz CT molecular complexity index is 143. The summed E-state index contributed by atoms with van der Waals surface area (Å²) in [6, 6.07) is 0.0567. The van der Waals surface area contributed by atoms with Gasteiger partial charge in [-0.25, -0.2) is 0 Å². The van der Waals surface area contributed by atoms with Crippen LogP contribution in [0, 0.1) is 0 Å². The molecule has 12 heavy (non-hydrogen) atoms. The number of Topliss-reactive ketones (excluding diaryl/α,β-unsaturated/α-hetero) is 1. The van der Waals surface area contributed by atoms with Gasteiger partial charge in [-0.15, -0.1) is 6.58 Å². The first-order chi connectivity index (χ1) is 5.70. The average molecular weight is 169 g/mol. The number of ketones is 1. The summed E-state index contributed by atoms with van der Waals surface area (Å²) in [5.74, 6) is 0.284. The zero-order valence-electron chi connectivity index (χ0n) is 7.88. The van der Waals surface area contributed by atoms with Gasteiger partial charge in [0.2, 0.25) is 0 Å². The van der Waals surface area contributed by atoms with E-state index in [1.165, 1.54) is 0 Å². The van der Waals surface area contributed by atoms with Crippen molar-refractivity contribution in [2.45, 2.75) is 45.1 Å². The molecule has 0 aromatic rings. The van der Waals surface area contributed by atoms with Crippen LogP contribution in [-0.2, 0) is 4.79 Å². The molecule has 0 aliphatic rings. The molecule has 2 N–H and O–H groups in total. The van der Waals surface area contributed by atoms with Gasteiger partial charge >= 0.3 is 0 Å². The molecule has 0 rings (SSSR count). The minimum absolute atomic E-state index is 0.0567. The van der Waals surface area contributed by atoms with Crippen molar-refractivity contribution >= 4 is 5.78 Å². The highest BCUT2D eigenvalue weighted by molar-refractivity contribution is 5.78. The maximum Gasteiger partial charge on any atom is 0.134 e. The molecule has 0 heterocycles. The first-order valence-corrected chi connectivity index (χ1v) is 4.58. The summed E-state index contributed by atoms with van der Waals surface area (Å²) in [4.78, 5) is 11.2. The van der Waals surface area contributed by atoms with Crippen molar-refractivity contribution in [2.75, 3.05) is 0 Å². The Morgan fingerprint density at radius 2 is 2.33 bits per heavy atom. The van der Waals surface area contributed by atoms with Crippen LogP contribution in [0.5, 0.6) is 0 Å². The molecule has 2 heteroatoms. The van der Waals surface area contributed by atoms with Crippen molar-refractivity contribution < 1.29 is 4.79 Å². The fourth-order valence-corrected chi connectivity index (χ4v) is 0.982. The Kier molecular flexibility index (Phi) is 6.67. The lowest BCUT2D eigenvalue weighted by atomic mass is 10.0. The highest BCUT2D eigenvalue weighted by atomic mass is 16.1. The molecule has 0 fully saturated rings. The summed E-state index contributed by atoms with van der Waals surface area (Å²) >= 11 is 0. The predicted octanol–water partition coefficient (Wildman–Crippen LogP) is 2.04. The maximum absolute atomic E-state index is 11.2. The van der Waals surface area contributed by atoms with Crippen molar-refractivity contribution in [3.8, 4) is 0 Å². The number of carbonyl (C=O) groups excluding carboxylic acids is 1. The molecular formula is C10H19NO. The Balaban J connectivity index is 3.39. The number of nitrogens with two attached hydrogens (primary N) is 1. The largest absolute Gasteiger partial charge is 0.327 e. The molecule has 1 unspecified atom stereocenters. The van der Waals surface area contributed by atoms with E-state index in [-0.39, 0.29) is 11.8 Å². The van der Waals surface area contributed by atoms with Gasteiger partial charge < -0.3 is 5.73 Å². The van der Waals surface area contributed by atoms with Crippen LogP contribution in [0.15, 0.2) is 12.7 Å². The molecule has 2 nitrogen and oxygen atoms in total. The topological polar surface area (TPSA) is 43.1 Å². The smallest absolute Gasteiger partial charge is 0.134 e. The zero-order valence-corrected chi connectivity index (χ0v) is 7.88. The van der Waals surface area contributed by atoms with Crippen molar-refractivity contribution in [2.24, 2.45) is 5.73 Å². The number of hydrogen-bond donors (Lipinski definition) is 1. The quantitative estimate of drug-likeness (QED) is 0.468. The van der Waals surface area contributed by atoms with Gasteiger partial charge in [-0.1, -0.05) is 13.0 Å². The molecular weight excluding hydrogens is 150 g/mol. The first-order valence-electron chi connectivity index (χ1n) is 4.58. The van der Waals surface area contributed by atoms with E-state index < -0.39 is 0 Å². The number of unbranched alkanes of at least 4 members (excludes halogenated alkanes) is 1. The third-order valence-electron chi connectivity index (χ3n) is 1.88. The number of rotatable bonds is 7. The van der Waals surface area contributed by atoms with E-state index in [2.05, 4.69) is 6.58 Å². The fraction of sp³-hybridized carbons (Fsp3) is 0.700. The third kappa shape index (κ3) is 6.10. The van der Waals surface area contributed by atoms with Gasteiger partial charge in [0, 0.05) is 18.9 Å². The monoisotopic (exact) mass is 169 g/mol. The molecule has 0 aromatic heterocycles. The van der Waals surface area contributed by atoms with Crippen LogP contribution in [0.2, 0.25) is 0 Å². The summed E-state index contributed by atoms with van der Waals surface area (Å²) < 4.78 is 0. The molecule has 0 radical (unpaired) electrons. The van der Waals surface area contributed by atoms with Crippen molar-refractivity contribution in [3.05, 3.63) is 12.7 Å². The first kappa shape index (κ1) is 11.4. The van der Waals surface area contributed by atoms with E-state index >= 15 is 0 Å². The Morgan fingerprint density at radius 3 is 2.83 bits per heavy atom. The number of hydrogen-bond acceptors (Lipinski definition) is 2. The van der Waals surface area contributed by atoms with Gasteiger partial charge in [0.1, 0.15) is 5.78 Å². The Morgan fingerprint density at radius 1 is 1.67 bits per heavy atom. The molecule has 0 saturated carbocycles. The number of carbonyl (C=O) groups is 1. The van der Waals surface area contributed by atoms with Crippen LogP contribution in [0.3, 0.4) is 0 Å². The molecule has 0 aromatic carbocycles. The van der Waals surface area contributed by atoms with Gasteiger partial charge in [-0.05, 0) is 19.3 Å². The molecule has 0 aliphatic carbocycles. The standard InChI is InChI=1S/C10H19NO/c1-3-5-6-7-10(12)8-9(11)4-2/h3,9H,1,4-8,11H2,2H3. The van der Waals surface area contributed by atoms with Gasteiger partial charge in [0.05, 0.1) is 0 Å². The lowest BCUT2D eigenvalue weighted by Gasteiger charge is -2.06. The molecule has 0 saturated heterocycles. The van der Waals surface area contributed by atoms with Crippen LogP contribution in [0.4, 0.5) is 0 Å². The van der Waals surface area contributed by atoms with Crippen LogP contribution >= 0.6 is 0 Å². The zero-order chi connectivity index (χ0) is 9.40. The predicted molar refractivity (Wildman–Crippen MR) is 51.9 cm³/mol. The number of allylic oxidation sites excluding steroid dienone is 1. The van der Waals surface area contributed by atoms with E-state index in [0.29, 0.717) is 12.8 Å². The second kappa shape index (κ2) is 7.04. The van der Waals surface area contributed by atoms with E-state index in [1.54, 1.807) is 0 Å². The van der Waals surface area contributed by atoms with Gasteiger partial charge in [-0.3, -0.25) is 4.79 Å². The fourth-order valence-electron chi connectivity index (χ4n) is 0.982. The van der Waals surface area contributed by atoms with E-state index in [9.17, 15) is 4.79 Å². The third-order valence-corrected chi connectivity index (χ3v) is 1.88. The van der Waals surface area contributed by atoms with Crippen molar-refractivity contribution in [1.29, 1.82) is 0 Å².